The molecular weight excluding hydrogens is 334 g/mol. The van der Waals surface area contributed by atoms with Crippen molar-refractivity contribution in [3.8, 4) is 11.5 Å². The third-order valence-electron chi connectivity index (χ3n) is 3.77. The topological polar surface area (TPSA) is 103 Å². The molecule has 26 heavy (non-hydrogen) atoms. The number of amides is 2. The Labute approximate surface area is 152 Å². The number of benzene rings is 2. The first-order valence-corrected chi connectivity index (χ1v) is 8.15. The average molecular weight is 357 g/mol. The zero-order chi connectivity index (χ0) is 18.9. The largest absolute Gasteiger partial charge is 0.493 e. The fourth-order valence-corrected chi connectivity index (χ4v) is 2.27. The van der Waals surface area contributed by atoms with Crippen LogP contribution in [-0.2, 0) is 4.79 Å². The van der Waals surface area contributed by atoms with Gasteiger partial charge in [-0.05, 0) is 23.8 Å². The lowest BCUT2D eigenvalue weighted by Crippen LogP contribution is -2.31. The van der Waals surface area contributed by atoms with Gasteiger partial charge in [0.2, 0.25) is 0 Å². The van der Waals surface area contributed by atoms with Crippen LogP contribution >= 0.6 is 0 Å². The van der Waals surface area contributed by atoms with E-state index in [-0.39, 0.29) is 24.5 Å². The number of carbonyl (C=O) groups excluding carboxylic acids is 2. The normalized spacial score (nSPS) is 11.3. The molecule has 0 fully saturated rings. The van der Waals surface area contributed by atoms with Crippen LogP contribution < -0.4 is 25.8 Å². The van der Waals surface area contributed by atoms with Gasteiger partial charge in [0.25, 0.3) is 11.8 Å². The molecule has 0 heterocycles. The van der Waals surface area contributed by atoms with Crippen LogP contribution in [0.1, 0.15) is 22.0 Å². The van der Waals surface area contributed by atoms with Crippen molar-refractivity contribution in [3.05, 3.63) is 59.7 Å². The molecule has 0 bridgehead atoms. The summed E-state index contributed by atoms with van der Waals surface area (Å²) >= 11 is 0. The van der Waals surface area contributed by atoms with Gasteiger partial charge in [0.1, 0.15) is 0 Å². The quantitative estimate of drug-likeness (QED) is 0.660. The predicted octanol–water partition coefficient (Wildman–Crippen LogP) is 1.25. The molecule has 0 aliphatic carbocycles. The molecule has 0 aromatic heterocycles. The smallest absolute Gasteiger partial charge is 0.257 e. The van der Waals surface area contributed by atoms with E-state index in [1.807, 2.05) is 30.3 Å². The third-order valence-corrected chi connectivity index (χ3v) is 3.77. The number of nitrogens with one attached hydrogen (secondary N) is 2. The van der Waals surface area contributed by atoms with E-state index in [0.29, 0.717) is 23.6 Å². The van der Waals surface area contributed by atoms with Crippen molar-refractivity contribution < 1.29 is 19.1 Å². The second-order valence-corrected chi connectivity index (χ2v) is 5.55. The highest BCUT2D eigenvalue weighted by Gasteiger charge is 2.13. The lowest BCUT2D eigenvalue weighted by atomic mass is 10.1. The number of rotatable bonds is 8. The van der Waals surface area contributed by atoms with Gasteiger partial charge in [-0.2, -0.15) is 0 Å². The summed E-state index contributed by atoms with van der Waals surface area (Å²) in [5.74, 6) is 0.221. The molecule has 0 radical (unpaired) electrons. The number of hydrogen-bond donors (Lipinski definition) is 3. The molecule has 7 heteroatoms. The monoisotopic (exact) mass is 357 g/mol. The first-order valence-electron chi connectivity index (χ1n) is 8.15. The summed E-state index contributed by atoms with van der Waals surface area (Å²) in [5.41, 5.74) is 7.44. The second-order valence-electron chi connectivity index (χ2n) is 5.55. The van der Waals surface area contributed by atoms with Crippen molar-refractivity contribution in [2.24, 2.45) is 5.73 Å². The molecule has 1 atom stereocenters. The summed E-state index contributed by atoms with van der Waals surface area (Å²) in [6.45, 7) is 0.171. The van der Waals surface area contributed by atoms with Crippen molar-refractivity contribution in [2.75, 3.05) is 27.3 Å². The van der Waals surface area contributed by atoms with E-state index in [0.717, 1.165) is 5.56 Å². The minimum absolute atomic E-state index is 0.135. The van der Waals surface area contributed by atoms with E-state index in [9.17, 15) is 9.59 Å². The maximum Gasteiger partial charge on any atom is 0.257 e. The molecule has 0 aliphatic heterocycles. The summed E-state index contributed by atoms with van der Waals surface area (Å²) in [7, 11) is 2.99. The van der Waals surface area contributed by atoms with Crippen LogP contribution in [0.3, 0.4) is 0 Å². The zero-order valence-corrected chi connectivity index (χ0v) is 14.8. The summed E-state index contributed by atoms with van der Waals surface area (Å²) in [5, 5.41) is 5.27. The van der Waals surface area contributed by atoms with E-state index in [1.165, 1.54) is 14.2 Å². The van der Waals surface area contributed by atoms with Crippen molar-refractivity contribution in [1.82, 2.24) is 10.6 Å². The highest BCUT2D eigenvalue weighted by Crippen LogP contribution is 2.28. The predicted molar refractivity (Wildman–Crippen MR) is 98.3 cm³/mol. The number of carbonyl (C=O) groups is 2. The third kappa shape index (κ3) is 5.22. The Morgan fingerprint density at radius 1 is 1.12 bits per heavy atom. The Bertz CT molecular complexity index is 750. The van der Waals surface area contributed by atoms with E-state index >= 15 is 0 Å². The molecule has 2 rings (SSSR count). The summed E-state index contributed by atoms with van der Waals surface area (Å²) in [6.07, 6.45) is 0. The molecule has 4 N–H and O–H groups in total. The highest BCUT2D eigenvalue weighted by molar-refractivity contribution is 5.95. The molecule has 0 aliphatic rings. The first-order chi connectivity index (χ1) is 12.5. The molecule has 0 saturated heterocycles. The summed E-state index contributed by atoms with van der Waals surface area (Å²) in [6, 6.07) is 14.0. The molecular formula is C19H23N3O4. The van der Waals surface area contributed by atoms with Gasteiger partial charge in [-0.1, -0.05) is 30.3 Å². The van der Waals surface area contributed by atoms with Gasteiger partial charge in [-0.15, -0.1) is 0 Å². The SMILES string of the molecule is CNC(=O)COc1ccc(C(=O)NCC(N)c2ccccc2)cc1OC. The lowest BCUT2D eigenvalue weighted by Gasteiger charge is -2.14. The molecule has 7 nitrogen and oxygen atoms in total. The van der Waals surface area contributed by atoms with E-state index in [4.69, 9.17) is 15.2 Å². The van der Waals surface area contributed by atoms with Crippen molar-refractivity contribution in [1.29, 1.82) is 0 Å². The van der Waals surface area contributed by atoms with Crippen LogP contribution in [-0.4, -0.2) is 39.1 Å². The van der Waals surface area contributed by atoms with E-state index < -0.39 is 0 Å². The van der Waals surface area contributed by atoms with E-state index in [1.54, 1.807) is 18.2 Å². The van der Waals surface area contributed by atoms with Gasteiger partial charge >= 0.3 is 0 Å². The minimum atomic E-state index is -0.294. The minimum Gasteiger partial charge on any atom is -0.493 e. The Morgan fingerprint density at radius 2 is 1.85 bits per heavy atom. The summed E-state index contributed by atoms with van der Waals surface area (Å²) < 4.78 is 10.6. The number of hydrogen-bond acceptors (Lipinski definition) is 5. The lowest BCUT2D eigenvalue weighted by molar-refractivity contribution is -0.122. The van der Waals surface area contributed by atoms with Crippen LogP contribution in [0.25, 0.3) is 0 Å². The summed E-state index contributed by atoms with van der Waals surface area (Å²) in [4.78, 5) is 23.6. The van der Waals surface area contributed by atoms with Gasteiger partial charge in [-0.25, -0.2) is 0 Å². The van der Waals surface area contributed by atoms with Gasteiger partial charge < -0.3 is 25.8 Å². The Hall–Kier alpha value is -3.06. The van der Waals surface area contributed by atoms with Crippen LogP contribution in [0.5, 0.6) is 11.5 Å². The van der Waals surface area contributed by atoms with Crippen molar-refractivity contribution in [3.63, 3.8) is 0 Å². The van der Waals surface area contributed by atoms with Crippen LogP contribution in [0.15, 0.2) is 48.5 Å². The van der Waals surface area contributed by atoms with Gasteiger partial charge in [0.05, 0.1) is 7.11 Å². The molecule has 2 aromatic rings. The number of nitrogens with two attached hydrogens (primary N) is 1. The Morgan fingerprint density at radius 3 is 2.50 bits per heavy atom. The molecule has 2 aromatic carbocycles. The molecule has 1 unspecified atom stereocenters. The molecule has 0 spiro atoms. The van der Waals surface area contributed by atoms with Crippen LogP contribution in [0.2, 0.25) is 0 Å². The van der Waals surface area contributed by atoms with Gasteiger partial charge in [-0.3, -0.25) is 9.59 Å². The average Bonchev–Trinajstić information content (AvgIpc) is 2.70. The van der Waals surface area contributed by atoms with Crippen molar-refractivity contribution >= 4 is 11.8 Å². The fourth-order valence-electron chi connectivity index (χ4n) is 2.27. The highest BCUT2D eigenvalue weighted by atomic mass is 16.5. The fraction of sp³-hybridized carbons (Fsp3) is 0.263. The van der Waals surface area contributed by atoms with E-state index in [2.05, 4.69) is 10.6 Å². The second kappa shape index (κ2) is 9.43. The molecule has 2 amide bonds. The van der Waals surface area contributed by atoms with Gasteiger partial charge in [0.15, 0.2) is 18.1 Å². The molecule has 0 saturated carbocycles. The number of likely N-dealkylation sites (N-methyl/N-ethyl adjacent to an activating group) is 1. The maximum absolute atomic E-state index is 12.3. The standard InChI is InChI=1S/C19H23N3O4/c1-21-18(23)12-26-16-9-8-14(10-17(16)25-2)19(24)22-11-15(20)13-6-4-3-5-7-13/h3-10,15H,11-12,20H2,1-2H3,(H,21,23)(H,22,24). The first kappa shape index (κ1) is 19.3. The number of ether oxygens (including phenoxy) is 2. The van der Waals surface area contributed by atoms with Gasteiger partial charge in [0, 0.05) is 25.2 Å². The number of methoxy groups -OCH3 is 1. The Balaban J connectivity index is 1.99. The van der Waals surface area contributed by atoms with Crippen LogP contribution in [0, 0.1) is 0 Å². The Kier molecular flexibility index (Phi) is 6.99. The zero-order valence-electron chi connectivity index (χ0n) is 14.8. The maximum atomic E-state index is 12.3. The molecule has 138 valence electrons. The van der Waals surface area contributed by atoms with Crippen LogP contribution in [0.4, 0.5) is 0 Å². The van der Waals surface area contributed by atoms with Crippen molar-refractivity contribution in [2.45, 2.75) is 6.04 Å².